The van der Waals surface area contributed by atoms with Crippen LogP contribution in [0.5, 0.6) is 0 Å². The predicted molar refractivity (Wildman–Crippen MR) is 115 cm³/mol. The minimum Gasteiger partial charge on any atom is -0.449 e. The van der Waals surface area contributed by atoms with Crippen molar-refractivity contribution < 1.29 is 24.3 Å². The molecule has 1 heterocycles. The first kappa shape index (κ1) is 22.5. The molecule has 9 heteroatoms. The van der Waals surface area contributed by atoms with Crippen molar-refractivity contribution >= 4 is 33.8 Å². The number of carbonyl (C=O) groups is 2. The number of nitrogens with zero attached hydrogens (tertiary/aromatic N) is 1. The van der Waals surface area contributed by atoms with Gasteiger partial charge >= 0.3 is 6.09 Å². The first-order valence-electron chi connectivity index (χ1n) is 10.3. The number of hydrogen-bond acceptors (Lipinski definition) is 6. The molecule has 2 aromatic carbocycles. The maximum absolute atomic E-state index is 12.2. The SMILES string of the molecule is CC(C)COC(=O)N[C@@H](OCCCCC(=O)NO)c1nc2c(ccc3ccccc32)[nH]1. The second-order valence-corrected chi connectivity index (χ2v) is 7.68. The molecular formula is C22H28N4O5. The zero-order chi connectivity index (χ0) is 22.2. The Labute approximate surface area is 180 Å². The second-order valence-electron chi connectivity index (χ2n) is 7.68. The molecule has 0 spiro atoms. The van der Waals surface area contributed by atoms with Gasteiger partial charge in [0.05, 0.1) is 17.6 Å². The minimum absolute atomic E-state index is 0.186. The molecule has 0 unspecified atom stereocenters. The van der Waals surface area contributed by atoms with E-state index in [9.17, 15) is 9.59 Å². The number of ether oxygens (including phenoxy) is 2. The van der Waals surface area contributed by atoms with Gasteiger partial charge in [-0.05, 0) is 30.2 Å². The van der Waals surface area contributed by atoms with Crippen molar-refractivity contribution in [3.8, 4) is 0 Å². The Bertz CT molecular complexity index is 1030. The maximum atomic E-state index is 12.2. The molecular weight excluding hydrogens is 400 g/mol. The second kappa shape index (κ2) is 10.7. The summed E-state index contributed by atoms with van der Waals surface area (Å²) in [5, 5.41) is 13.3. The maximum Gasteiger partial charge on any atom is 0.409 e. The summed E-state index contributed by atoms with van der Waals surface area (Å²) in [7, 11) is 0. The topological polar surface area (TPSA) is 126 Å². The fourth-order valence-corrected chi connectivity index (χ4v) is 3.11. The molecule has 0 aliphatic carbocycles. The molecule has 9 nitrogen and oxygen atoms in total. The predicted octanol–water partition coefficient (Wildman–Crippen LogP) is 3.79. The molecule has 166 valence electrons. The van der Waals surface area contributed by atoms with Crippen molar-refractivity contribution in [2.75, 3.05) is 13.2 Å². The van der Waals surface area contributed by atoms with Gasteiger partial charge in [0.1, 0.15) is 0 Å². The van der Waals surface area contributed by atoms with Gasteiger partial charge in [0.2, 0.25) is 5.91 Å². The number of unbranched alkanes of at least 4 members (excludes halogenated alkanes) is 1. The highest BCUT2D eigenvalue weighted by Gasteiger charge is 2.21. The largest absolute Gasteiger partial charge is 0.449 e. The molecule has 0 aliphatic heterocycles. The zero-order valence-electron chi connectivity index (χ0n) is 17.7. The van der Waals surface area contributed by atoms with Gasteiger partial charge < -0.3 is 14.5 Å². The van der Waals surface area contributed by atoms with E-state index in [4.69, 9.17) is 14.7 Å². The number of amides is 2. The van der Waals surface area contributed by atoms with Crippen LogP contribution in [0, 0.1) is 5.92 Å². The average Bonchev–Trinajstić information content (AvgIpc) is 3.21. The Morgan fingerprint density at radius 3 is 2.74 bits per heavy atom. The Kier molecular flexibility index (Phi) is 7.80. The molecule has 0 saturated carbocycles. The molecule has 31 heavy (non-hydrogen) atoms. The Morgan fingerprint density at radius 1 is 1.16 bits per heavy atom. The smallest absolute Gasteiger partial charge is 0.409 e. The molecule has 0 bridgehead atoms. The van der Waals surface area contributed by atoms with E-state index in [2.05, 4.69) is 15.3 Å². The van der Waals surface area contributed by atoms with E-state index in [-0.39, 0.29) is 18.9 Å². The monoisotopic (exact) mass is 428 g/mol. The number of hydroxylamine groups is 1. The van der Waals surface area contributed by atoms with E-state index < -0.39 is 18.2 Å². The van der Waals surface area contributed by atoms with Crippen LogP contribution in [-0.2, 0) is 14.3 Å². The molecule has 2 amide bonds. The van der Waals surface area contributed by atoms with Crippen LogP contribution in [0.15, 0.2) is 36.4 Å². The lowest BCUT2D eigenvalue weighted by atomic mass is 10.1. The number of imidazole rings is 1. The molecule has 1 aromatic heterocycles. The lowest BCUT2D eigenvalue weighted by Gasteiger charge is -2.18. The van der Waals surface area contributed by atoms with E-state index in [1.165, 1.54) is 0 Å². The van der Waals surface area contributed by atoms with Crippen molar-refractivity contribution in [1.29, 1.82) is 0 Å². The first-order chi connectivity index (χ1) is 15.0. The molecule has 0 aliphatic rings. The van der Waals surface area contributed by atoms with Crippen LogP contribution in [-0.4, -0.2) is 40.4 Å². The molecule has 3 aromatic rings. The molecule has 0 radical (unpaired) electrons. The van der Waals surface area contributed by atoms with Crippen LogP contribution in [0.25, 0.3) is 21.8 Å². The number of benzene rings is 2. The number of carbonyl (C=O) groups excluding carboxylic acids is 2. The van der Waals surface area contributed by atoms with E-state index in [1.54, 1.807) is 5.48 Å². The Morgan fingerprint density at radius 2 is 1.97 bits per heavy atom. The normalized spacial score (nSPS) is 12.3. The standard InChI is InChI=1S/C22H28N4O5/c1-14(2)13-31-22(28)25-21(30-12-6-5-9-18(27)26-29)20-23-17-11-10-15-7-3-4-8-16(15)19(17)24-20/h3-4,7-8,10-11,14,21,29H,5-6,9,12-13H2,1-2H3,(H,23,24)(H,25,28)(H,26,27)/t21-/m0/s1. The number of rotatable bonds is 10. The van der Waals surface area contributed by atoms with Gasteiger partial charge in [-0.25, -0.2) is 15.3 Å². The van der Waals surface area contributed by atoms with Crippen LogP contribution >= 0.6 is 0 Å². The summed E-state index contributed by atoms with van der Waals surface area (Å²) >= 11 is 0. The highest BCUT2D eigenvalue weighted by atomic mass is 16.6. The third-order valence-electron chi connectivity index (χ3n) is 4.65. The van der Waals surface area contributed by atoms with E-state index in [1.807, 2.05) is 50.2 Å². The van der Waals surface area contributed by atoms with Gasteiger partial charge in [-0.15, -0.1) is 0 Å². The van der Waals surface area contributed by atoms with E-state index >= 15 is 0 Å². The highest BCUT2D eigenvalue weighted by Crippen LogP contribution is 2.25. The van der Waals surface area contributed by atoms with Crippen LogP contribution in [0.3, 0.4) is 0 Å². The fraction of sp³-hybridized carbons (Fsp3) is 0.409. The summed E-state index contributed by atoms with van der Waals surface area (Å²) in [5.74, 6) is 0.220. The molecule has 4 N–H and O–H groups in total. The van der Waals surface area contributed by atoms with Crippen molar-refractivity contribution in [2.24, 2.45) is 5.92 Å². The lowest BCUT2D eigenvalue weighted by molar-refractivity contribution is -0.129. The zero-order valence-corrected chi connectivity index (χ0v) is 17.7. The Balaban J connectivity index is 1.75. The van der Waals surface area contributed by atoms with Crippen LogP contribution in [0.4, 0.5) is 4.79 Å². The average molecular weight is 428 g/mol. The third-order valence-corrected chi connectivity index (χ3v) is 4.65. The van der Waals surface area contributed by atoms with Crippen LogP contribution < -0.4 is 10.8 Å². The minimum atomic E-state index is -0.836. The molecule has 1 atom stereocenters. The van der Waals surface area contributed by atoms with Gasteiger partial charge in [0, 0.05) is 18.4 Å². The summed E-state index contributed by atoms with van der Waals surface area (Å²) in [5.41, 5.74) is 3.22. The number of aromatic amines is 1. The summed E-state index contributed by atoms with van der Waals surface area (Å²) in [4.78, 5) is 31.3. The van der Waals surface area contributed by atoms with Crippen molar-refractivity contribution in [1.82, 2.24) is 20.8 Å². The van der Waals surface area contributed by atoms with Gasteiger partial charge in [0.25, 0.3) is 0 Å². The summed E-state index contributed by atoms with van der Waals surface area (Å²) in [6.07, 6.45) is -0.149. The number of aromatic nitrogens is 2. The van der Waals surface area contributed by atoms with Gasteiger partial charge in [-0.2, -0.15) is 0 Å². The van der Waals surface area contributed by atoms with Crippen molar-refractivity contribution in [3.63, 3.8) is 0 Å². The number of fused-ring (bicyclic) bond motifs is 3. The number of hydrogen-bond donors (Lipinski definition) is 4. The molecule has 0 saturated heterocycles. The van der Waals surface area contributed by atoms with Crippen LogP contribution in [0.2, 0.25) is 0 Å². The van der Waals surface area contributed by atoms with Crippen molar-refractivity contribution in [2.45, 2.75) is 39.3 Å². The number of H-pyrrole nitrogens is 1. The van der Waals surface area contributed by atoms with Gasteiger partial charge in [-0.1, -0.05) is 44.2 Å². The Hall–Kier alpha value is -3.17. The van der Waals surface area contributed by atoms with Crippen molar-refractivity contribution in [3.05, 3.63) is 42.2 Å². The molecule has 0 fully saturated rings. The van der Waals surface area contributed by atoms with Gasteiger partial charge in [-0.3, -0.25) is 15.3 Å². The summed E-state index contributed by atoms with van der Waals surface area (Å²) < 4.78 is 11.1. The third kappa shape index (κ3) is 6.16. The van der Waals surface area contributed by atoms with E-state index in [0.29, 0.717) is 25.3 Å². The number of nitrogens with one attached hydrogen (secondary N) is 3. The summed E-state index contributed by atoms with van der Waals surface area (Å²) in [6, 6.07) is 11.9. The fourth-order valence-electron chi connectivity index (χ4n) is 3.11. The van der Waals surface area contributed by atoms with Crippen LogP contribution in [0.1, 0.15) is 45.2 Å². The summed E-state index contributed by atoms with van der Waals surface area (Å²) in [6.45, 7) is 4.48. The first-order valence-corrected chi connectivity index (χ1v) is 10.3. The van der Waals surface area contributed by atoms with Gasteiger partial charge in [0.15, 0.2) is 12.1 Å². The quantitative estimate of drug-likeness (QED) is 0.168. The number of alkyl carbamates (subject to hydrolysis) is 1. The highest BCUT2D eigenvalue weighted by molar-refractivity contribution is 6.04. The lowest BCUT2D eigenvalue weighted by Crippen LogP contribution is -2.32. The molecule has 3 rings (SSSR count). The van der Waals surface area contributed by atoms with E-state index in [0.717, 1.165) is 21.8 Å².